The second-order valence-electron chi connectivity index (χ2n) is 7.45. The predicted molar refractivity (Wildman–Crippen MR) is 134 cm³/mol. The van der Waals surface area contributed by atoms with Gasteiger partial charge in [0.15, 0.2) is 0 Å². The number of hydrogen-bond acceptors (Lipinski definition) is 4. The third-order valence-corrected chi connectivity index (χ3v) is 5.92. The summed E-state index contributed by atoms with van der Waals surface area (Å²) in [4.78, 5) is 44.1. The van der Waals surface area contributed by atoms with Crippen LogP contribution < -0.4 is 10.9 Å². The Kier molecular flexibility index (Phi) is 6.95. The molecule has 0 unspecified atom stereocenters. The Balaban J connectivity index is 1.50. The van der Waals surface area contributed by atoms with Crippen molar-refractivity contribution >= 4 is 51.6 Å². The fourth-order valence-corrected chi connectivity index (χ4v) is 3.99. The van der Waals surface area contributed by atoms with Crippen molar-refractivity contribution in [2.75, 3.05) is 18.4 Å². The van der Waals surface area contributed by atoms with Gasteiger partial charge in [-0.15, -0.1) is 0 Å². The Hall–Kier alpha value is -3.68. The third kappa shape index (κ3) is 4.81. The third-order valence-electron chi connectivity index (χ3n) is 5.29. The van der Waals surface area contributed by atoms with Crippen molar-refractivity contribution in [2.45, 2.75) is 6.92 Å². The number of anilines is 1. The topological polar surface area (TPSA) is 84.3 Å². The Morgan fingerprint density at radius 3 is 2.32 bits per heavy atom. The number of likely N-dealkylation sites (N-methyl/N-ethyl adjacent to an activating group) is 1. The fourth-order valence-electron chi connectivity index (χ4n) is 3.50. The number of para-hydroxylation sites is 2. The van der Waals surface area contributed by atoms with Crippen molar-refractivity contribution in [3.8, 4) is 5.69 Å². The molecular formula is C25H20Cl2N4O3. The van der Waals surface area contributed by atoms with E-state index in [1.165, 1.54) is 15.8 Å². The minimum absolute atomic E-state index is 0.174. The lowest BCUT2D eigenvalue weighted by molar-refractivity contribution is -0.116. The van der Waals surface area contributed by atoms with Crippen LogP contribution in [0.4, 0.5) is 5.69 Å². The van der Waals surface area contributed by atoms with Gasteiger partial charge in [-0.2, -0.15) is 0 Å². The smallest absolute Gasteiger partial charge is 0.265 e. The molecular weight excluding hydrogens is 475 g/mol. The highest BCUT2D eigenvalue weighted by Crippen LogP contribution is 2.29. The number of nitrogens with zero attached hydrogens (tertiary/aromatic N) is 3. The molecule has 1 N–H and O–H groups in total. The number of fused-ring (bicyclic) bond motifs is 1. The van der Waals surface area contributed by atoms with Gasteiger partial charge in [-0.1, -0.05) is 41.4 Å². The summed E-state index contributed by atoms with van der Waals surface area (Å²) in [5, 5.41) is 3.78. The maximum Gasteiger partial charge on any atom is 0.265 e. The number of halogens is 2. The van der Waals surface area contributed by atoms with Gasteiger partial charge in [-0.25, -0.2) is 4.98 Å². The lowest BCUT2D eigenvalue weighted by Gasteiger charge is -2.21. The molecule has 0 bridgehead atoms. The second-order valence-corrected chi connectivity index (χ2v) is 8.26. The molecule has 0 spiro atoms. The van der Waals surface area contributed by atoms with Gasteiger partial charge in [0.2, 0.25) is 5.91 Å². The summed E-state index contributed by atoms with van der Waals surface area (Å²) in [6, 6.07) is 18.6. The SMILES string of the molecule is CCN(CC(=O)Nc1c(Cl)cccc1Cl)C(=O)c1ccc(-n2cnc3ccccc3c2=O)cc1. The highest BCUT2D eigenvalue weighted by atomic mass is 35.5. The summed E-state index contributed by atoms with van der Waals surface area (Å²) < 4.78 is 1.43. The van der Waals surface area contributed by atoms with Gasteiger partial charge >= 0.3 is 0 Å². The highest BCUT2D eigenvalue weighted by Gasteiger charge is 2.19. The normalized spacial score (nSPS) is 10.8. The van der Waals surface area contributed by atoms with Gasteiger partial charge in [0.25, 0.3) is 11.5 Å². The molecule has 4 rings (SSSR count). The molecule has 9 heteroatoms. The molecule has 0 fully saturated rings. The minimum atomic E-state index is -0.421. The first kappa shape index (κ1) is 23.5. The van der Waals surface area contributed by atoms with Crippen molar-refractivity contribution in [3.05, 3.63) is 99.0 Å². The van der Waals surface area contributed by atoms with Crippen molar-refractivity contribution < 1.29 is 9.59 Å². The average molecular weight is 495 g/mol. The van der Waals surface area contributed by atoms with Crippen LogP contribution in [0.3, 0.4) is 0 Å². The van der Waals surface area contributed by atoms with Crippen LogP contribution in [0.1, 0.15) is 17.3 Å². The van der Waals surface area contributed by atoms with Gasteiger partial charge in [0.1, 0.15) is 12.9 Å². The molecule has 0 saturated carbocycles. The van der Waals surface area contributed by atoms with Crippen LogP contribution in [0.5, 0.6) is 0 Å². The maximum atomic E-state index is 13.0. The van der Waals surface area contributed by atoms with Gasteiger partial charge in [-0.05, 0) is 55.5 Å². The Bertz CT molecular complexity index is 1410. The van der Waals surface area contributed by atoms with E-state index in [4.69, 9.17) is 23.2 Å². The first-order valence-corrected chi connectivity index (χ1v) is 11.2. The molecule has 0 aliphatic carbocycles. The molecule has 0 aliphatic heterocycles. The first-order chi connectivity index (χ1) is 16.4. The number of nitrogens with one attached hydrogen (secondary N) is 1. The predicted octanol–water partition coefficient (Wildman–Crippen LogP) is 4.79. The molecule has 0 saturated heterocycles. The van der Waals surface area contributed by atoms with E-state index in [2.05, 4.69) is 10.3 Å². The zero-order valence-electron chi connectivity index (χ0n) is 18.2. The van der Waals surface area contributed by atoms with E-state index in [9.17, 15) is 14.4 Å². The van der Waals surface area contributed by atoms with Gasteiger partial charge in [-0.3, -0.25) is 19.0 Å². The molecule has 0 radical (unpaired) electrons. The molecule has 34 heavy (non-hydrogen) atoms. The largest absolute Gasteiger partial charge is 0.330 e. The maximum absolute atomic E-state index is 13.0. The van der Waals surface area contributed by atoms with E-state index in [-0.39, 0.29) is 18.0 Å². The summed E-state index contributed by atoms with van der Waals surface area (Å²) in [5.41, 5.74) is 1.68. The quantitative estimate of drug-likeness (QED) is 0.417. The van der Waals surface area contributed by atoms with Crippen molar-refractivity contribution in [1.29, 1.82) is 0 Å². The second kappa shape index (κ2) is 10.1. The molecule has 172 valence electrons. The number of benzene rings is 3. The Morgan fingerprint density at radius 2 is 1.65 bits per heavy atom. The molecule has 4 aromatic rings. The standard InChI is InChI=1S/C25H20Cl2N4O3/c1-2-30(14-22(32)29-23-19(26)7-5-8-20(23)27)24(33)16-10-12-17(13-11-16)31-15-28-21-9-4-3-6-18(21)25(31)34/h3-13,15H,2,14H2,1H3,(H,29,32). The van der Waals surface area contributed by atoms with Crippen LogP contribution in [0, 0.1) is 0 Å². The lowest BCUT2D eigenvalue weighted by Crippen LogP contribution is -2.38. The fraction of sp³-hybridized carbons (Fsp3) is 0.120. The zero-order chi connectivity index (χ0) is 24.2. The summed E-state index contributed by atoms with van der Waals surface area (Å²) >= 11 is 12.2. The van der Waals surface area contributed by atoms with Gasteiger partial charge in [0, 0.05) is 12.1 Å². The summed E-state index contributed by atoms with van der Waals surface area (Å²) in [7, 11) is 0. The van der Waals surface area contributed by atoms with Crippen LogP contribution in [-0.4, -0.2) is 39.4 Å². The van der Waals surface area contributed by atoms with Gasteiger partial charge < -0.3 is 10.2 Å². The van der Waals surface area contributed by atoms with Crippen molar-refractivity contribution in [1.82, 2.24) is 14.5 Å². The monoisotopic (exact) mass is 494 g/mol. The molecule has 2 amide bonds. The van der Waals surface area contributed by atoms with Gasteiger partial charge in [0.05, 0.1) is 32.3 Å². The number of amides is 2. The van der Waals surface area contributed by atoms with E-state index < -0.39 is 5.91 Å². The number of rotatable bonds is 6. The molecule has 0 aliphatic rings. The van der Waals surface area contributed by atoms with Crippen LogP contribution in [0.15, 0.2) is 77.9 Å². The highest BCUT2D eigenvalue weighted by molar-refractivity contribution is 6.39. The van der Waals surface area contributed by atoms with E-state index in [1.54, 1.807) is 67.6 Å². The number of carbonyl (C=O) groups is 2. The molecule has 1 aromatic heterocycles. The number of carbonyl (C=O) groups excluding carboxylic acids is 2. The number of aromatic nitrogens is 2. The zero-order valence-corrected chi connectivity index (χ0v) is 19.7. The molecule has 0 atom stereocenters. The lowest BCUT2D eigenvalue weighted by atomic mass is 10.1. The minimum Gasteiger partial charge on any atom is -0.330 e. The summed E-state index contributed by atoms with van der Waals surface area (Å²) in [6.07, 6.45) is 1.46. The van der Waals surface area contributed by atoms with Crippen LogP contribution in [-0.2, 0) is 4.79 Å². The van der Waals surface area contributed by atoms with E-state index in [0.717, 1.165) is 0 Å². The van der Waals surface area contributed by atoms with Crippen molar-refractivity contribution in [2.24, 2.45) is 0 Å². The Labute approximate surface area is 205 Å². The number of hydrogen-bond donors (Lipinski definition) is 1. The van der Waals surface area contributed by atoms with E-state index in [1.807, 2.05) is 6.07 Å². The van der Waals surface area contributed by atoms with E-state index >= 15 is 0 Å². The average Bonchev–Trinajstić information content (AvgIpc) is 2.85. The molecule has 3 aromatic carbocycles. The summed E-state index contributed by atoms with van der Waals surface area (Å²) in [5.74, 6) is -0.742. The van der Waals surface area contributed by atoms with Crippen LogP contribution in [0.2, 0.25) is 10.0 Å². The van der Waals surface area contributed by atoms with Crippen LogP contribution >= 0.6 is 23.2 Å². The first-order valence-electron chi connectivity index (χ1n) is 10.5. The Morgan fingerprint density at radius 1 is 0.971 bits per heavy atom. The van der Waals surface area contributed by atoms with Crippen LogP contribution in [0.25, 0.3) is 16.6 Å². The van der Waals surface area contributed by atoms with E-state index in [0.29, 0.717) is 44.4 Å². The molecule has 7 nitrogen and oxygen atoms in total. The van der Waals surface area contributed by atoms with Crippen molar-refractivity contribution in [3.63, 3.8) is 0 Å². The molecule has 1 heterocycles. The summed E-state index contributed by atoms with van der Waals surface area (Å²) in [6.45, 7) is 1.92.